The molecule has 1 aliphatic heterocycles. The molecular formula is C14H22N2O2. The predicted octanol–water partition coefficient (Wildman–Crippen LogP) is 0.160. The minimum absolute atomic E-state index is 0.222. The molecule has 0 amide bonds. The van der Waals surface area contributed by atoms with Crippen molar-refractivity contribution < 1.29 is 10.2 Å². The number of aliphatic hydroxyl groups excluding tert-OH is 2. The van der Waals surface area contributed by atoms with E-state index in [2.05, 4.69) is 10.2 Å². The van der Waals surface area contributed by atoms with Crippen molar-refractivity contribution in [2.24, 2.45) is 0 Å². The van der Waals surface area contributed by atoms with Gasteiger partial charge in [0, 0.05) is 32.7 Å². The Balaban J connectivity index is 1.82. The fraction of sp³-hybridized carbons (Fsp3) is 0.571. The molecule has 4 nitrogen and oxygen atoms in total. The minimum Gasteiger partial charge on any atom is -0.393 e. The number of rotatable bonds is 5. The van der Waals surface area contributed by atoms with Crippen molar-refractivity contribution in [3.63, 3.8) is 0 Å². The van der Waals surface area contributed by atoms with Crippen molar-refractivity contribution in [2.75, 3.05) is 39.3 Å². The van der Waals surface area contributed by atoms with Crippen LogP contribution in [0, 0.1) is 0 Å². The van der Waals surface area contributed by atoms with Crippen LogP contribution < -0.4 is 5.32 Å². The molecule has 1 fully saturated rings. The average Bonchev–Trinajstić information content (AvgIpc) is 2.46. The molecule has 3 N–H and O–H groups in total. The molecule has 4 heteroatoms. The van der Waals surface area contributed by atoms with Crippen LogP contribution in [-0.2, 0) is 6.42 Å². The first-order valence-electron chi connectivity index (χ1n) is 6.60. The Morgan fingerprint density at radius 2 is 1.83 bits per heavy atom. The van der Waals surface area contributed by atoms with Crippen LogP contribution in [0.1, 0.15) is 17.2 Å². The zero-order chi connectivity index (χ0) is 12.8. The number of aliphatic hydroxyl groups is 2. The van der Waals surface area contributed by atoms with Crippen LogP contribution in [-0.4, -0.2) is 54.4 Å². The molecule has 0 bridgehead atoms. The van der Waals surface area contributed by atoms with E-state index in [1.165, 1.54) is 5.56 Å². The summed E-state index contributed by atoms with van der Waals surface area (Å²) in [5.41, 5.74) is 2.06. The molecule has 100 valence electrons. The van der Waals surface area contributed by atoms with Gasteiger partial charge in [0.1, 0.15) is 6.10 Å². The van der Waals surface area contributed by atoms with Crippen LogP contribution in [0.3, 0.4) is 0 Å². The summed E-state index contributed by atoms with van der Waals surface area (Å²) >= 11 is 0. The van der Waals surface area contributed by atoms with Crippen LogP contribution in [0.15, 0.2) is 24.3 Å². The maximum Gasteiger partial charge on any atom is 0.102 e. The third-order valence-corrected chi connectivity index (χ3v) is 3.46. The zero-order valence-electron chi connectivity index (χ0n) is 10.7. The lowest BCUT2D eigenvalue weighted by Crippen LogP contribution is -2.44. The number of benzene rings is 1. The Labute approximate surface area is 108 Å². The van der Waals surface area contributed by atoms with Gasteiger partial charge in [0.15, 0.2) is 0 Å². The smallest absolute Gasteiger partial charge is 0.102 e. The summed E-state index contributed by atoms with van der Waals surface area (Å²) in [6.07, 6.45) is 0.280. The van der Waals surface area contributed by atoms with Crippen LogP contribution in [0.2, 0.25) is 0 Å². The molecule has 0 saturated carbocycles. The van der Waals surface area contributed by atoms with Crippen molar-refractivity contribution in [3.8, 4) is 0 Å². The summed E-state index contributed by atoms with van der Waals surface area (Å²) in [7, 11) is 0. The number of hydrogen-bond donors (Lipinski definition) is 3. The van der Waals surface area contributed by atoms with E-state index in [0.29, 0.717) is 0 Å². The fourth-order valence-corrected chi connectivity index (χ4v) is 2.23. The summed E-state index contributed by atoms with van der Waals surface area (Å²) in [4.78, 5) is 2.47. The second kappa shape index (κ2) is 6.85. The Bertz CT molecular complexity index is 347. The highest BCUT2D eigenvalue weighted by atomic mass is 16.3. The lowest BCUT2D eigenvalue weighted by atomic mass is 10.1. The van der Waals surface area contributed by atoms with Gasteiger partial charge in [-0.2, -0.15) is 0 Å². The fourth-order valence-electron chi connectivity index (χ4n) is 2.23. The van der Waals surface area contributed by atoms with Crippen LogP contribution in [0.25, 0.3) is 0 Å². The van der Waals surface area contributed by atoms with E-state index in [9.17, 15) is 5.11 Å². The molecule has 1 aliphatic rings. The van der Waals surface area contributed by atoms with E-state index in [1.54, 1.807) is 0 Å². The monoisotopic (exact) mass is 250 g/mol. The molecule has 0 aliphatic carbocycles. The maximum atomic E-state index is 9.49. The Kier molecular flexibility index (Phi) is 5.13. The van der Waals surface area contributed by atoms with E-state index in [1.807, 2.05) is 24.3 Å². The molecule has 1 saturated heterocycles. The largest absolute Gasteiger partial charge is 0.393 e. The summed E-state index contributed by atoms with van der Waals surface area (Å²) < 4.78 is 0. The minimum atomic E-state index is -0.757. The second-order valence-electron chi connectivity index (χ2n) is 4.78. The van der Waals surface area contributed by atoms with Crippen LogP contribution in [0.5, 0.6) is 0 Å². The normalized spacial score (nSPS) is 18.8. The van der Waals surface area contributed by atoms with Gasteiger partial charge in [-0.3, -0.25) is 0 Å². The molecule has 0 spiro atoms. The van der Waals surface area contributed by atoms with Crippen molar-refractivity contribution >= 4 is 0 Å². The number of piperazine rings is 1. The summed E-state index contributed by atoms with van der Waals surface area (Å²) in [6.45, 7) is 5.29. The molecule has 0 radical (unpaired) electrons. The van der Waals surface area contributed by atoms with Crippen molar-refractivity contribution in [1.29, 1.82) is 0 Å². The third kappa shape index (κ3) is 3.78. The average molecular weight is 250 g/mol. The van der Waals surface area contributed by atoms with Crippen molar-refractivity contribution in [1.82, 2.24) is 10.2 Å². The molecular weight excluding hydrogens is 228 g/mol. The van der Waals surface area contributed by atoms with E-state index >= 15 is 0 Å². The number of hydrogen-bond acceptors (Lipinski definition) is 4. The van der Waals surface area contributed by atoms with Gasteiger partial charge in [0.2, 0.25) is 0 Å². The van der Waals surface area contributed by atoms with Gasteiger partial charge in [0.25, 0.3) is 0 Å². The maximum absolute atomic E-state index is 9.49. The Hall–Kier alpha value is -0.940. The molecule has 1 heterocycles. The van der Waals surface area contributed by atoms with Gasteiger partial charge >= 0.3 is 0 Å². The Morgan fingerprint density at radius 1 is 1.17 bits per heavy atom. The molecule has 1 unspecified atom stereocenters. The first-order valence-corrected chi connectivity index (χ1v) is 6.60. The van der Waals surface area contributed by atoms with Gasteiger partial charge in [0.05, 0.1) is 6.61 Å². The van der Waals surface area contributed by atoms with E-state index < -0.39 is 6.10 Å². The number of nitrogens with one attached hydrogen (secondary N) is 1. The SMILES string of the molecule is OCC(O)c1ccc(CCN2CCNCC2)cc1. The van der Waals surface area contributed by atoms with Gasteiger partial charge in [-0.15, -0.1) is 0 Å². The van der Waals surface area contributed by atoms with E-state index in [0.717, 1.165) is 44.7 Å². The molecule has 1 atom stereocenters. The highest BCUT2D eigenvalue weighted by molar-refractivity contribution is 5.24. The first kappa shape index (κ1) is 13.5. The molecule has 1 aromatic rings. The molecule has 1 aromatic carbocycles. The quantitative estimate of drug-likeness (QED) is 0.697. The zero-order valence-corrected chi connectivity index (χ0v) is 10.7. The van der Waals surface area contributed by atoms with Gasteiger partial charge in [-0.25, -0.2) is 0 Å². The second-order valence-corrected chi connectivity index (χ2v) is 4.78. The molecule has 0 aromatic heterocycles. The molecule has 18 heavy (non-hydrogen) atoms. The highest BCUT2D eigenvalue weighted by Gasteiger charge is 2.09. The standard InChI is InChI=1S/C14H22N2O2/c17-11-14(18)13-3-1-12(2-4-13)5-8-16-9-6-15-7-10-16/h1-4,14-15,17-18H,5-11H2. The first-order chi connectivity index (χ1) is 8.79. The highest BCUT2D eigenvalue weighted by Crippen LogP contribution is 2.13. The number of nitrogens with zero attached hydrogens (tertiary/aromatic N) is 1. The third-order valence-electron chi connectivity index (χ3n) is 3.46. The van der Waals surface area contributed by atoms with Gasteiger partial charge in [-0.1, -0.05) is 24.3 Å². The Morgan fingerprint density at radius 3 is 2.44 bits per heavy atom. The van der Waals surface area contributed by atoms with Crippen LogP contribution >= 0.6 is 0 Å². The lowest BCUT2D eigenvalue weighted by molar-refractivity contribution is 0.0956. The summed E-state index contributed by atoms with van der Waals surface area (Å²) in [5, 5.41) is 21.7. The predicted molar refractivity (Wildman–Crippen MR) is 71.5 cm³/mol. The topological polar surface area (TPSA) is 55.7 Å². The lowest BCUT2D eigenvalue weighted by Gasteiger charge is -2.27. The van der Waals surface area contributed by atoms with Gasteiger partial charge < -0.3 is 20.4 Å². The van der Waals surface area contributed by atoms with Crippen molar-refractivity contribution in [2.45, 2.75) is 12.5 Å². The summed E-state index contributed by atoms with van der Waals surface area (Å²) in [6, 6.07) is 7.87. The van der Waals surface area contributed by atoms with Crippen molar-refractivity contribution in [3.05, 3.63) is 35.4 Å². The van der Waals surface area contributed by atoms with Gasteiger partial charge in [-0.05, 0) is 17.5 Å². The van der Waals surface area contributed by atoms with Crippen LogP contribution in [0.4, 0.5) is 0 Å². The summed E-state index contributed by atoms with van der Waals surface area (Å²) in [5.74, 6) is 0. The van der Waals surface area contributed by atoms with E-state index in [4.69, 9.17) is 5.11 Å². The molecule has 2 rings (SSSR count). The van der Waals surface area contributed by atoms with E-state index in [-0.39, 0.29) is 6.61 Å².